The molecule has 136 valence electrons. The quantitative estimate of drug-likeness (QED) is 0.629. The molecule has 0 saturated heterocycles. The molecular formula is C19H39N3O. The molecule has 0 bridgehead atoms. The molecule has 0 radical (unpaired) electrons. The molecule has 23 heavy (non-hydrogen) atoms. The zero-order valence-electron chi connectivity index (χ0n) is 14.6. The van der Waals surface area contributed by atoms with Crippen LogP contribution < -0.4 is 0 Å². The molecule has 1 heterocycles. The Bertz CT molecular complexity index is 450. The molecule has 1 aromatic heterocycles. The van der Waals surface area contributed by atoms with Crippen molar-refractivity contribution in [3.63, 3.8) is 0 Å². The third-order valence-electron chi connectivity index (χ3n) is 3.55. The van der Waals surface area contributed by atoms with Crippen LogP contribution in [0.4, 0.5) is 0 Å². The Morgan fingerprint density at radius 2 is 1.65 bits per heavy atom. The third kappa shape index (κ3) is 9.52. The zero-order chi connectivity index (χ0) is 16.1. The van der Waals surface area contributed by atoms with E-state index < -0.39 is 0 Å². The lowest BCUT2D eigenvalue weighted by Gasteiger charge is -2.21. The maximum absolute atomic E-state index is 12.0. The van der Waals surface area contributed by atoms with E-state index in [1.165, 1.54) is 6.42 Å². The second kappa shape index (κ2) is 9.84. The smallest absolute Gasteiger partial charge is 0.133 e. The Morgan fingerprint density at radius 3 is 2.17 bits per heavy atom. The van der Waals surface area contributed by atoms with Crippen molar-refractivity contribution >= 4 is 5.78 Å². The monoisotopic (exact) mass is 325 g/mol. The second-order valence-corrected chi connectivity index (χ2v) is 8.11. The first-order valence-electron chi connectivity index (χ1n) is 8.01. The molecule has 0 aliphatic heterocycles. The summed E-state index contributed by atoms with van der Waals surface area (Å²) in [5, 5.41) is 8.09. The van der Waals surface area contributed by atoms with Gasteiger partial charge >= 0.3 is 0 Å². The molecule has 0 spiro atoms. The summed E-state index contributed by atoms with van der Waals surface area (Å²) in [6.07, 6.45) is 7.14. The fraction of sp³-hybridized carbons (Fsp3) is 0.842. The molecule has 1 rings (SSSR count). The van der Waals surface area contributed by atoms with Crippen molar-refractivity contribution in [3.05, 3.63) is 11.9 Å². The molecule has 0 atom stereocenters. The lowest BCUT2D eigenvalue weighted by Crippen LogP contribution is -2.25. The molecule has 4 nitrogen and oxygen atoms in total. The average Bonchev–Trinajstić information content (AvgIpc) is 2.79. The van der Waals surface area contributed by atoms with Crippen LogP contribution in [0.3, 0.4) is 0 Å². The number of unbranched alkanes of at least 4 members (excludes halogenated alkanes) is 1. The van der Waals surface area contributed by atoms with Gasteiger partial charge in [-0.05, 0) is 45.4 Å². The molecule has 0 unspecified atom stereocenters. The van der Waals surface area contributed by atoms with Crippen LogP contribution in [-0.2, 0) is 16.8 Å². The normalized spacial score (nSPS) is 11.6. The van der Waals surface area contributed by atoms with E-state index in [1.54, 1.807) is 6.20 Å². The summed E-state index contributed by atoms with van der Waals surface area (Å²) in [6.45, 7) is 13.0. The van der Waals surface area contributed by atoms with E-state index in [0.717, 1.165) is 25.0 Å². The predicted octanol–water partition coefficient (Wildman–Crippen LogP) is 5.41. The van der Waals surface area contributed by atoms with Crippen molar-refractivity contribution in [2.45, 2.75) is 100 Å². The summed E-state index contributed by atoms with van der Waals surface area (Å²) in [4.78, 5) is 12.0. The van der Waals surface area contributed by atoms with Gasteiger partial charge in [0.2, 0.25) is 0 Å². The molecule has 1 aromatic rings. The molecular weight excluding hydrogens is 286 g/mol. The Kier molecular flexibility index (Phi) is 10.3. The highest BCUT2D eigenvalue weighted by Gasteiger charge is 2.18. The summed E-state index contributed by atoms with van der Waals surface area (Å²) < 4.78 is 1.92. The van der Waals surface area contributed by atoms with Gasteiger partial charge in [-0.3, -0.25) is 4.79 Å². The van der Waals surface area contributed by atoms with Crippen LogP contribution in [0.5, 0.6) is 0 Å². The number of rotatable bonds is 7. The number of carbonyl (C=O) groups excluding carboxylic acids is 1. The number of hydrogen-bond acceptors (Lipinski definition) is 3. The summed E-state index contributed by atoms with van der Waals surface area (Å²) in [6, 6.07) is 0. The highest BCUT2D eigenvalue weighted by atomic mass is 16.1. The van der Waals surface area contributed by atoms with Crippen LogP contribution >= 0.6 is 0 Å². The standard InChI is InChI=1S/C17H31N3O.2CH4/c1-16(2,3)12-8-7-9-15(21)11-10-14-13-18-19-20(14)17(4,5)6;;/h13H,7-12H2,1-6H3;2*1H4. The van der Waals surface area contributed by atoms with Crippen LogP contribution in [0.25, 0.3) is 0 Å². The average molecular weight is 326 g/mol. The van der Waals surface area contributed by atoms with Crippen LogP contribution in [0, 0.1) is 5.41 Å². The highest BCUT2D eigenvalue weighted by Crippen LogP contribution is 2.22. The Hall–Kier alpha value is -1.19. The first-order chi connectivity index (χ1) is 9.59. The van der Waals surface area contributed by atoms with E-state index in [2.05, 4.69) is 51.9 Å². The van der Waals surface area contributed by atoms with Crippen molar-refractivity contribution in [2.24, 2.45) is 5.41 Å². The van der Waals surface area contributed by atoms with E-state index in [0.29, 0.717) is 24.0 Å². The van der Waals surface area contributed by atoms with Gasteiger partial charge in [-0.2, -0.15) is 0 Å². The van der Waals surface area contributed by atoms with E-state index in [9.17, 15) is 4.79 Å². The number of aromatic nitrogens is 3. The fourth-order valence-corrected chi connectivity index (χ4v) is 2.36. The molecule has 0 aliphatic carbocycles. The summed E-state index contributed by atoms with van der Waals surface area (Å²) in [5.41, 5.74) is 1.33. The molecule has 0 aromatic carbocycles. The molecule has 0 amide bonds. The topological polar surface area (TPSA) is 47.8 Å². The number of Topliss-reactive ketones (excluding diaryl/α,β-unsaturated/α-hetero) is 1. The molecule has 0 N–H and O–H groups in total. The van der Waals surface area contributed by atoms with Gasteiger partial charge in [0, 0.05) is 12.8 Å². The van der Waals surface area contributed by atoms with Gasteiger partial charge in [-0.1, -0.05) is 47.3 Å². The van der Waals surface area contributed by atoms with Crippen LogP contribution in [0.1, 0.15) is 94.2 Å². The summed E-state index contributed by atoms with van der Waals surface area (Å²) in [5.74, 6) is 0.352. The maximum atomic E-state index is 12.0. The number of hydrogen-bond donors (Lipinski definition) is 0. The number of aryl methyl sites for hydroxylation is 1. The largest absolute Gasteiger partial charge is 0.300 e. The van der Waals surface area contributed by atoms with E-state index in [1.807, 2.05) is 4.68 Å². The number of ketones is 1. The van der Waals surface area contributed by atoms with Gasteiger partial charge in [0.25, 0.3) is 0 Å². The first-order valence-corrected chi connectivity index (χ1v) is 8.01. The van der Waals surface area contributed by atoms with E-state index in [4.69, 9.17) is 0 Å². The first kappa shape index (κ1) is 24.1. The van der Waals surface area contributed by atoms with Crippen molar-refractivity contribution in [1.29, 1.82) is 0 Å². The van der Waals surface area contributed by atoms with Gasteiger partial charge in [0.15, 0.2) is 0 Å². The zero-order valence-corrected chi connectivity index (χ0v) is 14.6. The predicted molar refractivity (Wildman–Crippen MR) is 99.7 cm³/mol. The molecule has 0 saturated carbocycles. The van der Waals surface area contributed by atoms with Crippen LogP contribution in [0.2, 0.25) is 0 Å². The Morgan fingerprint density at radius 1 is 1.04 bits per heavy atom. The minimum absolute atomic E-state index is 0. The summed E-state index contributed by atoms with van der Waals surface area (Å²) >= 11 is 0. The molecule has 0 fully saturated rings. The van der Waals surface area contributed by atoms with Crippen molar-refractivity contribution in [2.75, 3.05) is 0 Å². The van der Waals surface area contributed by atoms with Gasteiger partial charge < -0.3 is 0 Å². The van der Waals surface area contributed by atoms with Gasteiger partial charge in [-0.25, -0.2) is 4.68 Å². The minimum atomic E-state index is -0.0818. The van der Waals surface area contributed by atoms with Crippen molar-refractivity contribution in [1.82, 2.24) is 15.0 Å². The lowest BCUT2D eigenvalue weighted by molar-refractivity contribution is -0.119. The number of nitrogens with zero attached hydrogens (tertiary/aromatic N) is 3. The van der Waals surface area contributed by atoms with E-state index >= 15 is 0 Å². The van der Waals surface area contributed by atoms with Gasteiger partial charge in [-0.15, -0.1) is 5.10 Å². The lowest BCUT2D eigenvalue weighted by atomic mass is 9.89. The van der Waals surface area contributed by atoms with Gasteiger partial charge in [0.05, 0.1) is 17.4 Å². The van der Waals surface area contributed by atoms with Crippen LogP contribution in [0.15, 0.2) is 6.20 Å². The summed E-state index contributed by atoms with van der Waals surface area (Å²) in [7, 11) is 0. The number of carbonyl (C=O) groups is 1. The van der Waals surface area contributed by atoms with Gasteiger partial charge in [0.1, 0.15) is 5.78 Å². The van der Waals surface area contributed by atoms with Crippen LogP contribution in [-0.4, -0.2) is 20.8 Å². The Balaban J connectivity index is 0. The second-order valence-electron chi connectivity index (χ2n) is 8.11. The maximum Gasteiger partial charge on any atom is 0.133 e. The molecule has 4 heteroatoms. The molecule has 0 aliphatic rings. The van der Waals surface area contributed by atoms with Crippen molar-refractivity contribution in [3.8, 4) is 0 Å². The van der Waals surface area contributed by atoms with Crippen molar-refractivity contribution < 1.29 is 4.79 Å². The third-order valence-corrected chi connectivity index (χ3v) is 3.55. The highest BCUT2D eigenvalue weighted by molar-refractivity contribution is 5.78. The van der Waals surface area contributed by atoms with E-state index in [-0.39, 0.29) is 20.4 Å². The Labute approximate surface area is 144 Å². The minimum Gasteiger partial charge on any atom is -0.300 e. The fourth-order valence-electron chi connectivity index (χ4n) is 2.36. The SMILES string of the molecule is C.C.CC(C)(C)CCCCC(=O)CCc1cnnn1C(C)(C)C.